The number of carbonyl (C=O) groups is 10. The highest BCUT2D eigenvalue weighted by Crippen LogP contribution is 2.36. The van der Waals surface area contributed by atoms with Gasteiger partial charge in [-0.2, -0.15) is 0 Å². The number of ether oxygens (including phenoxy) is 10. The second-order valence-electron chi connectivity index (χ2n) is 15.3. The van der Waals surface area contributed by atoms with Crippen LogP contribution in [-0.4, -0.2) is 157 Å². The Hall–Kier alpha value is -7.95. The molecule has 0 spiro atoms. The van der Waals surface area contributed by atoms with Crippen LogP contribution >= 0.6 is 0 Å². The molecule has 2 fully saturated rings. The van der Waals surface area contributed by atoms with E-state index in [-0.39, 0.29) is 35.9 Å². The highest BCUT2D eigenvalue weighted by molar-refractivity contribution is 5.96. The Balaban J connectivity index is 1.27. The summed E-state index contributed by atoms with van der Waals surface area (Å²) in [5.74, 6) is -7.85. The summed E-state index contributed by atoms with van der Waals surface area (Å²) in [4.78, 5) is 127. The Morgan fingerprint density at radius 3 is 1.14 bits per heavy atom. The van der Waals surface area contributed by atoms with E-state index in [1.165, 1.54) is 30.6 Å². The molecule has 2 aliphatic heterocycles. The van der Waals surface area contributed by atoms with Crippen LogP contribution in [0, 0.1) is 0 Å². The zero-order chi connectivity index (χ0) is 51.4. The van der Waals surface area contributed by atoms with Gasteiger partial charge in [-0.05, 0) is 12.1 Å². The number of aromatic nitrogens is 7. The first kappa shape index (κ1) is 53.0. The highest BCUT2D eigenvalue weighted by Gasteiger charge is 2.55. The summed E-state index contributed by atoms with van der Waals surface area (Å²) in [6.07, 6.45) is -11.4. The molecule has 3 aromatic rings. The van der Waals surface area contributed by atoms with Gasteiger partial charge in [-0.15, -0.1) is 10.2 Å². The van der Waals surface area contributed by atoms with Crippen LogP contribution in [0.4, 0.5) is 0 Å². The lowest BCUT2D eigenvalue weighted by Gasteiger charge is -2.44. The number of esters is 8. The first-order valence-electron chi connectivity index (χ1n) is 21.1. The van der Waals surface area contributed by atoms with Gasteiger partial charge in [0.15, 0.2) is 49.1 Å². The maximum absolute atomic E-state index is 13.3. The Labute approximate surface area is 396 Å². The van der Waals surface area contributed by atoms with Crippen LogP contribution in [-0.2, 0) is 98.8 Å². The Bertz CT molecular complexity index is 2300. The van der Waals surface area contributed by atoms with E-state index >= 15 is 0 Å². The zero-order valence-corrected chi connectivity index (χ0v) is 38.8. The highest BCUT2D eigenvalue weighted by atomic mass is 16.7. The lowest BCUT2D eigenvalue weighted by molar-refractivity contribution is -0.270. The molecule has 0 bridgehead atoms. The van der Waals surface area contributed by atoms with E-state index < -0.39 is 134 Å². The number of rotatable bonds is 18. The average Bonchev–Trinajstić information content (AvgIpc) is 3.95. The molecule has 0 aromatic carbocycles. The van der Waals surface area contributed by atoms with Crippen molar-refractivity contribution in [1.29, 1.82) is 0 Å². The topological polar surface area (TPSA) is 361 Å². The van der Waals surface area contributed by atoms with Gasteiger partial charge in [0.25, 0.3) is 11.8 Å². The van der Waals surface area contributed by atoms with Gasteiger partial charge in [0.2, 0.25) is 0 Å². The fraction of sp³-hybridized carbons (Fsp3) is 0.537. The molecule has 29 nitrogen and oxygen atoms in total. The van der Waals surface area contributed by atoms with E-state index in [0.29, 0.717) is 0 Å². The number of amides is 2. The smallest absolute Gasteiger partial charge is 0.303 e. The van der Waals surface area contributed by atoms with E-state index in [1.807, 2.05) is 0 Å². The average molecular weight is 988 g/mol. The number of carbonyl (C=O) groups excluding carboxylic acids is 10. The predicted molar refractivity (Wildman–Crippen MR) is 221 cm³/mol. The molecule has 0 radical (unpaired) electrons. The second kappa shape index (κ2) is 23.9. The van der Waals surface area contributed by atoms with Crippen LogP contribution in [0.25, 0.3) is 0 Å². The quantitative estimate of drug-likeness (QED) is 0.110. The Kier molecular flexibility index (Phi) is 18.1. The van der Waals surface area contributed by atoms with Gasteiger partial charge in [-0.3, -0.25) is 47.9 Å². The molecule has 5 rings (SSSR count). The van der Waals surface area contributed by atoms with E-state index in [4.69, 9.17) is 47.4 Å². The van der Waals surface area contributed by atoms with Gasteiger partial charge in [0.05, 0.1) is 25.5 Å². The van der Waals surface area contributed by atoms with E-state index in [2.05, 4.69) is 36.2 Å². The minimum atomic E-state index is -1.48. The molecular formula is C41H49N9O20. The molecule has 3 aromatic heterocycles. The first-order chi connectivity index (χ1) is 33.1. The Morgan fingerprint density at radius 2 is 0.814 bits per heavy atom. The molecule has 70 heavy (non-hydrogen) atoms. The van der Waals surface area contributed by atoms with Crippen molar-refractivity contribution in [2.24, 2.45) is 0 Å². The molecule has 10 atom stereocenters. The lowest BCUT2D eigenvalue weighted by atomic mass is 9.97. The first-order valence-corrected chi connectivity index (χ1v) is 21.1. The number of nitrogens with zero attached hydrogens (tertiary/aromatic N) is 7. The zero-order valence-electron chi connectivity index (χ0n) is 38.8. The molecule has 2 N–H and O–H groups in total. The van der Waals surface area contributed by atoms with Gasteiger partial charge >= 0.3 is 47.8 Å². The molecule has 29 heteroatoms. The number of pyridine rings is 1. The fourth-order valence-electron chi connectivity index (χ4n) is 7.08. The molecule has 2 amide bonds. The number of nitrogens with one attached hydrogen (secondary N) is 2. The standard InChI is InChI=1S/C41H49N9O20/c1-18(51)61-16-30-32(63-20(3)53)34(65-22(5)55)36(67-24(7)57)40(69-30)49-14-26(45-47-49)12-42-38(59)28-10-9-11-29(44-28)39(60)43-13-27-15-50(48-46-27)41-37(68-25(8)58)35(66-23(6)56)33(64-21(4)54)31(70-41)17-62-19(2)52/h9-11,14-15,30-37,40-41H,12-13,16-17H2,1-8H3,(H,42,59)(H,43,60)/t30-,31-,32-,33-,34+,35+,36-,37-,40-,41-/m1/s1. The third-order valence-electron chi connectivity index (χ3n) is 9.64. The van der Waals surface area contributed by atoms with Crippen LogP contribution in [0.2, 0.25) is 0 Å². The predicted octanol–water partition coefficient (Wildman–Crippen LogP) is -1.36. The molecular weight excluding hydrogens is 938 g/mol. The van der Waals surface area contributed by atoms with Crippen LogP contribution in [0.5, 0.6) is 0 Å². The van der Waals surface area contributed by atoms with E-state index in [0.717, 1.165) is 64.8 Å². The van der Waals surface area contributed by atoms with Crippen molar-refractivity contribution in [1.82, 2.24) is 45.6 Å². The summed E-state index contributed by atoms with van der Waals surface area (Å²) >= 11 is 0. The van der Waals surface area contributed by atoms with Crippen LogP contribution in [0.1, 0.15) is 100 Å². The van der Waals surface area contributed by atoms with E-state index in [1.54, 1.807) is 0 Å². The summed E-state index contributed by atoms with van der Waals surface area (Å²) in [6, 6.07) is 4.07. The maximum atomic E-state index is 13.3. The Morgan fingerprint density at radius 1 is 0.486 bits per heavy atom. The maximum Gasteiger partial charge on any atom is 0.303 e. The van der Waals surface area contributed by atoms with Crippen molar-refractivity contribution in [3.63, 3.8) is 0 Å². The number of hydrogen-bond acceptors (Lipinski definition) is 25. The van der Waals surface area contributed by atoms with Crippen molar-refractivity contribution in [3.8, 4) is 0 Å². The molecule has 0 unspecified atom stereocenters. The van der Waals surface area contributed by atoms with Crippen LogP contribution in [0.15, 0.2) is 30.6 Å². The molecule has 5 heterocycles. The summed E-state index contributed by atoms with van der Waals surface area (Å²) in [5.41, 5.74) is -0.109. The molecule has 2 saturated heterocycles. The summed E-state index contributed by atoms with van der Waals surface area (Å²) in [7, 11) is 0. The molecule has 378 valence electrons. The summed E-state index contributed by atoms with van der Waals surface area (Å²) in [5, 5.41) is 21.3. The van der Waals surface area contributed by atoms with Crippen molar-refractivity contribution < 1.29 is 95.3 Å². The normalized spacial score (nSPS) is 23.8. The molecule has 0 saturated carbocycles. The van der Waals surface area contributed by atoms with Crippen LogP contribution < -0.4 is 10.6 Å². The third-order valence-corrected chi connectivity index (χ3v) is 9.64. The second-order valence-corrected chi connectivity index (χ2v) is 15.3. The van der Waals surface area contributed by atoms with E-state index in [9.17, 15) is 47.9 Å². The van der Waals surface area contributed by atoms with Crippen molar-refractivity contribution in [2.75, 3.05) is 13.2 Å². The molecule has 0 aliphatic carbocycles. The molecule has 2 aliphatic rings. The summed E-state index contributed by atoms with van der Waals surface area (Å²) in [6.45, 7) is 7.25. The summed E-state index contributed by atoms with van der Waals surface area (Å²) < 4.78 is 57.2. The van der Waals surface area contributed by atoms with Gasteiger partial charge in [0, 0.05) is 55.4 Å². The van der Waals surface area contributed by atoms with Crippen molar-refractivity contribution >= 4 is 59.6 Å². The van der Waals surface area contributed by atoms with Gasteiger partial charge in [-0.25, -0.2) is 14.3 Å². The fourth-order valence-corrected chi connectivity index (χ4v) is 7.08. The largest absolute Gasteiger partial charge is 0.463 e. The van der Waals surface area contributed by atoms with Crippen molar-refractivity contribution in [2.45, 2.75) is 130 Å². The van der Waals surface area contributed by atoms with Crippen molar-refractivity contribution in [3.05, 3.63) is 53.4 Å². The van der Waals surface area contributed by atoms with Crippen LogP contribution in [0.3, 0.4) is 0 Å². The van der Waals surface area contributed by atoms with Gasteiger partial charge in [0.1, 0.15) is 48.2 Å². The SMILES string of the molecule is CC(=O)OC[C@H]1O[C@@H](n2cc(CNC(=O)c3cccc(C(=O)NCc4cn([C@@H]5O[C@H](COC(C)=O)[C@@H](OC(C)=O)[C@H](OC(C)=O)[C@H]5OC(C)=O)nn4)n3)nn2)[C@H](OC(C)=O)[C@@H](OC(C)=O)[C@@H]1OC(C)=O. The lowest BCUT2D eigenvalue weighted by Crippen LogP contribution is -2.60. The minimum Gasteiger partial charge on any atom is -0.463 e. The van der Waals surface area contributed by atoms with Gasteiger partial charge in [-0.1, -0.05) is 16.5 Å². The minimum absolute atomic E-state index is 0.131. The monoisotopic (exact) mass is 987 g/mol. The van der Waals surface area contributed by atoms with Gasteiger partial charge < -0.3 is 58.0 Å². The number of hydrogen-bond donors (Lipinski definition) is 2. The third kappa shape index (κ3) is 14.5.